The van der Waals surface area contributed by atoms with Crippen molar-refractivity contribution >= 4 is 28.4 Å². The highest BCUT2D eigenvalue weighted by Gasteiger charge is 2.29. The Bertz CT molecular complexity index is 570. The SMILES string of the molecule is C=CCOC(=O)N(CC(=O)O)c1sc(F)c2c1CCCC2. The topological polar surface area (TPSA) is 66.8 Å². The van der Waals surface area contributed by atoms with Crippen molar-refractivity contribution in [2.45, 2.75) is 25.7 Å². The molecular weight excluding hydrogens is 297 g/mol. The first-order valence-corrected chi connectivity index (χ1v) is 7.43. The minimum atomic E-state index is -1.18. The first kappa shape index (κ1) is 15.5. The third-order valence-corrected chi connectivity index (χ3v) is 4.32. The fourth-order valence-corrected chi connectivity index (χ4v) is 3.46. The lowest BCUT2D eigenvalue weighted by Gasteiger charge is -2.21. The van der Waals surface area contributed by atoms with Crippen LogP contribution in [0.15, 0.2) is 12.7 Å². The van der Waals surface area contributed by atoms with Crippen LogP contribution in [-0.4, -0.2) is 30.3 Å². The number of thiophene rings is 1. The standard InChI is InChI=1S/C14H16FNO4S/c1-2-7-20-14(19)16(8-11(17)18)13-10-6-4-3-5-9(10)12(15)21-13/h2H,1,3-8H2,(H,17,18). The molecule has 21 heavy (non-hydrogen) atoms. The molecule has 1 aliphatic rings. The number of halogens is 1. The molecule has 0 bridgehead atoms. The number of hydrogen-bond acceptors (Lipinski definition) is 4. The number of rotatable bonds is 5. The van der Waals surface area contributed by atoms with Crippen LogP contribution in [0.3, 0.4) is 0 Å². The van der Waals surface area contributed by atoms with Gasteiger partial charge in [0.25, 0.3) is 0 Å². The second kappa shape index (κ2) is 6.71. The lowest BCUT2D eigenvalue weighted by atomic mass is 9.95. The number of ether oxygens (including phenoxy) is 1. The van der Waals surface area contributed by atoms with Crippen molar-refractivity contribution in [1.29, 1.82) is 0 Å². The molecule has 1 aromatic heterocycles. The maximum atomic E-state index is 14.0. The van der Waals surface area contributed by atoms with Gasteiger partial charge in [0.2, 0.25) is 0 Å². The quantitative estimate of drug-likeness (QED) is 0.849. The molecule has 0 radical (unpaired) electrons. The van der Waals surface area contributed by atoms with Gasteiger partial charge in [-0.1, -0.05) is 24.0 Å². The molecule has 1 aliphatic carbocycles. The van der Waals surface area contributed by atoms with E-state index in [0.717, 1.165) is 34.6 Å². The molecule has 114 valence electrons. The highest BCUT2D eigenvalue weighted by atomic mass is 32.1. The first-order valence-electron chi connectivity index (χ1n) is 6.61. The Balaban J connectivity index is 2.34. The van der Waals surface area contributed by atoms with E-state index in [1.54, 1.807) is 0 Å². The number of hydrogen-bond donors (Lipinski definition) is 1. The van der Waals surface area contributed by atoms with Crippen LogP contribution in [0.1, 0.15) is 24.0 Å². The summed E-state index contributed by atoms with van der Waals surface area (Å²) in [6.45, 7) is 2.85. The van der Waals surface area contributed by atoms with Gasteiger partial charge >= 0.3 is 12.1 Å². The molecule has 0 spiro atoms. The number of aliphatic carboxylic acids is 1. The number of fused-ring (bicyclic) bond motifs is 1. The summed E-state index contributed by atoms with van der Waals surface area (Å²) in [4.78, 5) is 24.0. The van der Waals surface area contributed by atoms with E-state index in [0.29, 0.717) is 23.4 Å². The van der Waals surface area contributed by atoms with Gasteiger partial charge in [-0.15, -0.1) is 0 Å². The van der Waals surface area contributed by atoms with Gasteiger partial charge in [0, 0.05) is 5.56 Å². The smallest absolute Gasteiger partial charge is 0.415 e. The van der Waals surface area contributed by atoms with E-state index in [4.69, 9.17) is 9.84 Å². The average Bonchev–Trinajstić information content (AvgIpc) is 2.79. The second-order valence-electron chi connectivity index (χ2n) is 4.69. The number of carbonyl (C=O) groups is 2. The van der Waals surface area contributed by atoms with E-state index < -0.39 is 18.6 Å². The number of anilines is 1. The second-order valence-corrected chi connectivity index (χ2v) is 5.64. The molecule has 1 N–H and O–H groups in total. The van der Waals surface area contributed by atoms with Crippen molar-refractivity contribution in [1.82, 2.24) is 0 Å². The first-order chi connectivity index (χ1) is 10.0. The van der Waals surface area contributed by atoms with Crippen molar-refractivity contribution in [3.05, 3.63) is 28.9 Å². The molecule has 1 aromatic rings. The molecule has 0 fully saturated rings. The summed E-state index contributed by atoms with van der Waals surface area (Å²) in [5.74, 6) is -1.18. The molecule has 1 heterocycles. The number of amides is 1. The van der Waals surface area contributed by atoms with E-state index in [1.165, 1.54) is 6.08 Å². The Morgan fingerprint density at radius 2 is 2.05 bits per heavy atom. The third-order valence-electron chi connectivity index (χ3n) is 3.23. The fourth-order valence-electron chi connectivity index (χ4n) is 2.35. The van der Waals surface area contributed by atoms with Crippen LogP contribution in [0, 0.1) is 5.13 Å². The fraction of sp³-hybridized carbons (Fsp3) is 0.429. The van der Waals surface area contributed by atoms with Gasteiger partial charge in [-0.2, -0.15) is 4.39 Å². The Labute approximate surface area is 125 Å². The minimum absolute atomic E-state index is 0.0228. The predicted octanol–water partition coefficient (Wildman–Crippen LogP) is 2.98. The zero-order chi connectivity index (χ0) is 15.4. The normalized spacial score (nSPS) is 13.4. The monoisotopic (exact) mass is 313 g/mol. The maximum Gasteiger partial charge on any atom is 0.415 e. The van der Waals surface area contributed by atoms with Crippen LogP contribution >= 0.6 is 11.3 Å². The lowest BCUT2D eigenvalue weighted by Crippen LogP contribution is -2.36. The van der Waals surface area contributed by atoms with Crippen LogP contribution in [-0.2, 0) is 22.4 Å². The van der Waals surface area contributed by atoms with Gasteiger partial charge in [-0.05, 0) is 31.2 Å². The predicted molar refractivity (Wildman–Crippen MR) is 77.4 cm³/mol. The molecule has 0 saturated heterocycles. The van der Waals surface area contributed by atoms with Gasteiger partial charge in [0.15, 0.2) is 5.13 Å². The van der Waals surface area contributed by atoms with Gasteiger partial charge < -0.3 is 9.84 Å². The highest BCUT2D eigenvalue weighted by molar-refractivity contribution is 7.15. The number of nitrogens with zero attached hydrogens (tertiary/aromatic N) is 1. The summed E-state index contributed by atoms with van der Waals surface area (Å²) in [6, 6.07) is 0. The lowest BCUT2D eigenvalue weighted by molar-refractivity contribution is -0.135. The Hall–Kier alpha value is -1.89. The molecule has 0 aromatic carbocycles. The third kappa shape index (κ3) is 3.41. The zero-order valence-corrected chi connectivity index (χ0v) is 12.2. The minimum Gasteiger partial charge on any atom is -0.480 e. The van der Waals surface area contributed by atoms with Crippen molar-refractivity contribution in [2.24, 2.45) is 0 Å². The van der Waals surface area contributed by atoms with Crippen LogP contribution in [0.5, 0.6) is 0 Å². The van der Waals surface area contributed by atoms with E-state index in [1.807, 2.05) is 0 Å². The number of carboxylic acids is 1. The van der Waals surface area contributed by atoms with Crippen LogP contribution in [0.25, 0.3) is 0 Å². The van der Waals surface area contributed by atoms with Crippen LogP contribution in [0.4, 0.5) is 14.2 Å². The summed E-state index contributed by atoms with van der Waals surface area (Å²) in [5.41, 5.74) is 1.34. The van der Waals surface area contributed by atoms with E-state index >= 15 is 0 Å². The molecule has 0 aliphatic heterocycles. The summed E-state index contributed by atoms with van der Waals surface area (Å²) in [7, 11) is 0. The van der Waals surface area contributed by atoms with Crippen molar-refractivity contribution in [2.75, 3.05) is 18.1 Å². The van der Waals surface area contributed by atoms with Crippen molar-refractivity contribution in [3.8, 4) is 0 Å². The Kier molecular flexibility index (Phi) is 4.95. The van der Waals surface area contributed by atoms with Gasteiger partial charge in [-0.25, -0.2) is 4.79 Å². The average molecular weight is 313 g/mol. The molecule has 0 atom stereocenters. The summed E-state index contributed by atoms with van der Waals surface area (Å²) in [6.07, 6.45) is 3.67. The molecule has 1 amide bonds. The van der Waals surface area contributed by atoms with Crippen LogP contribution in [0.2, 0.25) is 0 Å². The van der Waals surface area contributed by atoms with E-state index in [-0.39, 0.29) is 11.7 Å². The summed E-state index contributed by atoms with van der Waals surface area (Å²) >= 11 is 0.811. The zero-order valence-electron chi connectivity index (χ0n) is 11.4. The van der Waals surface area contributed by atoms with Crippen molar-refractivity contribution < 1.29 is 23.8 Å². The van der Waals surface area contributed by atoms with Gasteiger partial charge in [0.1, 0.15) is 18.2 Å². The summed E-state index contributed by atoms with van der Waals surface area (Å²) < 4.78 is 18.9. The Morgan fingerprint density at radius 3 is 2.67 bits per heavy atom. The molecule has 0 unspecified atom stereocenters. The molecule has 5 nitrogen and oxygen atoms in total. The van der Waals surface area contributed by atoms with Crippen LogP contribution < -0.4 is 4.90 Å². The summed E-state index contributed by atoms with van der Waals surface area (Å²) in [5, 5.41) is 8.98. The largest absolute Gasteiger partial charge is 0.480 e. The molecule has 0 saturated carbocycles. The maximum absolute atomic E-state index is 14.0. The molecular formula is C14H16FNO4S. The number of carboxylic acid groups (broad SMARTS) is 1. The molecule has 7 heteroatoms. The van der Waals surface area contributed by atoms with Gasteiger partial charge in [0.05, 0.1) is 0 Å². The van der Waals surface area contributed by atoms with Gasteiger partial charge in [-0.3, -0.25) is 9.69 Å². The van der Waals surface area contributed by atoms with E-state index in [2.05, 4.69) is 6.58 Å². The highest BCUT2D eigenvalue weighted by Crippen LogP contribution is 2.39. The van der Waals surface area contributed by atoms with Crippen molar-refractivity contribution in [3.63, 3.8) is 0 Å². The Morgan fingerprint density at radius 1 is 1.38 bits per heavy atom. The molecule has 2 rings (SSSR count). The van der Waals surface area contributed by atoms with E-state index in [9.17, 15) is 14.0 Å². The number of carbonyl (C=O) groups excluding carboxylic acids is 1.